The molecular weight excluding hydrogens is 363 g/mol. The molecule has 0 aliphatic carbocycles. The van der Waals surface area contributed by atoms with Gasteiger partial charge in [0.15, 0.2) is 0 Å². The zero-order valence-electron chi connectivity index (χ0n) is 13.2. The third kappa shape index (κ3) is 6.67. The van der Waals surface area contributed by atoms with Gasteiger partial charge in [-0.25, -0.2) is 4.39 Å². The van der Waals surface area contributed by atoms with Gasteiger partial charge >= 0.3 is 0 Å². The SMILES string of the molecule is O=C(NCCSSc1ccc(F)cc1)/C(Cc1cccc(O)c1)=N/O. The molecule has 0 aliphatic rings. The third-order valence-corrected chi connectivity index (χ3v) is 5.49. The van der Waals surface area contributed by atoms with Crippen LogP contribution in [0.5, 0.6) is 5.75 Å². The van der Waals surface area contributed by atoms with Crippen LogP contribution in [0.1, 0.15) is 5.56 Å². The molecule has 0 unspecified atom stereocenters. The van der Waals surface area contributed by atoms with Gasteiger partial charge in [-0.1, -0.05) is 38.9 Å². The molecule has 0 saturated heterocycles. The Morgan fingerprint density at radius 3 is 2.64 bits per heavy atom. The van der Waals surface area contributed by atoms with E-state index in [4.69, 9.17) is 5.21 Å². The van der Waals surface area contributed by atoms with E-state index in [0.717, 1.165) is 4.90 Å². The fourth-order valence-electron chi connectivity index (χ4n) is 1.93. The predicted molar refractivity (Wildman–Crippen MR) is 98.8 cm³/mol. The molecule has 0 aromatic heterocycles. The summed E-state index contributed by atoms with van der Waals surface area (Å²) in [5, 5.41) is 24.2. The first kappa shape index (κ1) is 19.1. The van der Waals surface area contributed by atoms with E-state index >= 15 is 0 Å². The van der Waals surface area contributed by atoms with E-state index in [1.807, 2.05) is 0 Å². The van der Waals surface area contributed by atoms with Crippen LogP contribution in [-0.2, 0) is 11.2 Å². The second-order valence-corrected chi connectivity index (χ2v) is 7.50. The monoisotopic (exact) mass is 380 g/mol. The minimum absolute atomic E-state index is 0.0261. The van der Waals surface area contributed by atoms with Gasteiger partial charge in [0, 0.05) is 23.6 Å². The van der Waals surface area contributed by atoms with Crippen LogP contribution in [0.3, 0.4) is 0 Å². The van der Waals surface area contributed by atoms with Crippen molar-refractivity contribution in [2.45, 2.75) is 11.3 Å². The lowest BCUT2D eigenvalue weighted by atomic mass is 10.1. The Bertz CT molecular complexity index is 739. The Hall–Kier alpha value is -2.19. The van der Waals surface area contributed by atoms with Gasteiger partial charge in [0.2, 0.25) is 0 Å². The molecule has 0 bridgehead atoms. The largest absolute Gasteiger partial charge is 0.508 e. The minimum atomic E-state index is -0.460. The number of oxime groups is 1. The topological polar surface area (TPSA) is 81.9 Å². The summed E-state index contributed by atoms with van der Waals surface area (Å²) in [6, 6.07) is 12.6. The number of hydrogen-bond donors (Lipinski definition) is 3. The number of halogens is 1. The number of nitrogens with zero attached hydrogens (tertiary/aromatic N) is 1. The van der Waals surface area contributed by atoms with Crippen molar-refractivity contribution in [2.75, 3.05) is 12.3 Å². The predicted octanol–water partition coefficient (Wildman–Crippen LogP) is 3.46. The number of benzene rings is 2. The zero-order chi connectivity index (χ0) is 18.1. The second-order valence-electron chi connectivity index (χ2n) is 5.01. The molecule has 5 nitrogen and oxygen atoms in total. The number of aromatic hydroxyl groups is 1. The maximum Gasteiger partial charge on any atom is 0.269 e. The molecule has 2 rings (SSSR count). The molecule has 0 spiro atoms. The van der Waals surface area contributed by atoms with Gasteiger partial charge in [-0.3, -0.25) is 4.79 Å². The highest BCUT2D eigenvalue weighted by molar-refractivity contribution is 8.76. The van der Waals surface area contributed by atoms with Gasteiger partial charge in [-0.15, -0.1) is 0 Å². The van der Waals surface area contributed by atoms with E-state index in [9.17, 15) is 14.3 Å². The summed E-state index contributed by atoms with van der Waals surface area (Å²) >= 11 is 0. The van der Waals surface area contributed by atoms with Crippen molar-refractivity contribution < 1.29 is 19.5 Å². The fraction of sp³-hybridized carbons (Fsp3) is 0.176. The number of carbonyl (C=O) groups is 1. The van der Waals surface area contributed by atoms with Crippen molar-refractivity contribution in [2.24, 2.45) is 5.16 Å². The molecule has 0 atom stereocenters. The Morgan fingerprint density at radius 1 is 1.20 bits per heavy atom. The van der Waals surface area contributed by atoms with Gasteiger partial charge < -0.3 is 15.6 Å². The van der Waals surface area contributed by atoms with E-state index in [1.165, 1.54) is 45.9 Å². The summed E-state index contributed by atoms with van der Waals surface area (Å²) in [5.74, 6) is -0.00896. The van der Waals surface area contributed by atoms with Crippen LogP contribution in [0, 0.1) is 5.82 Å². The quantitative estimate of drug-likeness (QED) is 0.215. The molecule has 3 N–H and O–H groups in total. The summed E-state index contributed by atoms with van der Waals surface area (Å²) in [6.07, 6.45) is 0.119. The molecule has 0 radical (unpaired) electrons. The lowest BCUT2D eigenvalue weighted by molar-refractivity contribution is -0.114. The van der Waals surface area contributed by atoms with Gasteiger partial charge in [0.1, 0.15) is 17.3 Å². The molecule has 25 heavy (non-hydrogen) atoms. The highest BCUT2D eigenvalue weighted by Gasteiger charge is 2.13. The van der Waals surface area contributed by atoms with Crippen LogP contribution in [0.25, 0.3) is 0 Å². The summed E-state index contributed by atoms with van der Waals surface area (Å²) < 4.78 is 12.8. The maximum absolute atomic E-state index is 12.8. The van der Waals surface area contributed by atoms with E-state index in [2.05, 4.69) is 10.5 Å². The maximum atomic E-state index is 12.8. The number of rotatable bonds is 8. The molecule has 0 aliphatic heterocycles. The normalized spacial score (nSPS) is 11.3. The smallest absolute Gasteiger partial charge is 0.269 e. The average molecular weight is 380 g/mol. The van der Waals surface area contributed by atoms with Crippen molar-refractivity contribution >= 4 is 33.2 Å². The van der Waals surface area contributed by atoms with Crippen molar-refractivity contribution in [1.82, 2.24) is 5.32 Å². The van der Waals surface area contributed by atoms with E-state index in [-0.39, 0.29) is 23.7 Å². The van der Waals surface area contributed by atoms with Crippen molar-refractivity contribution in [1.29, 1.82) is 0 Å². The molecular formula is C17H17FN2O3S2. The molecule has 1 amide bonds. The third-order valence-electron chi connectivity index (χ3n) is 3.10. The van der Waals surface area contributed by atoms with Crippen molar-refractivity contribution in [3.05, 3.63) is 59.9 Å². The van der Waals surface area contributed by atoms with E-state index < -0.39 is 5.91 Å². The summed E-state index contributed by atoms with van der Waals surface area (Å²) in [7, 11) is 3.01. The number of nitrogens with one attached hydrogen (secondary N) is 1. The van der Waals surface area contributed by atoms with Crippen molar-refractivity contribution in [3.63, 3.8) is 0 Å². The van der Waals surface area contributed by atoms with Crippen LogP contribution in [0.4, 0.5) is 4.39 Å². The number of phenolic OH excluding ortho intramolecular Hbond substituents is 1. The van der Waals surface area contributed by atoms with E-state index in [0.29, 0.717) is 17.9 Å². The molecule has 0 fully saturated rings. The Balaban J connectivity index is 1.72. The highest BCUT2D eigenvalue weighted by atomic mass is 33.1. The Kier molecular flexibility index (Phi) is 7.62. The fourth-order valence-corrected chi connectivity index (χ4v) is 3.82. The van der Waals surface area contributed by atoms with Crippen molar-refractivity contribution in [3.8, 4) is 5.75 Å². The van der Waals surface area contributed by atoms with Gasteiger partial charge in [-0.05, 0) is 42.0 Å². The first-order valence-corrected chi connectivity index (χ1v) is 9.72. The molecule has 0 saturated carbocycles. The Morgan fingerprint density at radius 2 is 1.96 bits per heavy atom. The average Bonchev–Trinajstić information content (AvgIpc) is 2.61. The lowest BCUT2D eigenvalue weighted by Crippen LogP contribution is -2.33. The zero-order valence-corrected chi connectivity index (χ0v) is 14.8. The number of hydrogen-bond acceptors (Lipinski definition) is 6. The standard InChI is InChI=1S/C17H17FN2O3S2/c18-13-4-6-15(7-5-13)25-24-9-8-19-17(22)16(20-23)11-12-2-1-3-14(21)10-12/h1-7,10,21,23H,8-9,11H2,(H,19,22)/b20-16+. The first-order valence-electron chi connectivity index (χ1n) is 7.40. The van der Waals surface area contributed by atoms with Crippen LogP contribution in [-0.4, -0.2) is 34.2 Å². The lowest BCUT2D eigenvalue weighted by Gasteiger charge is -2.07. The van der Waals surface area contributed by atoms with Gasteiger partial charge in [0.05, 0.1) is 0 Å². The highest BCUT2D eigenvalue weighted by Crippen LogP contribution is 2.30. The van der Waals surface area contributed by atoms with Crippen LogP contribution in [0.15, 0.2) is 58.6 Å². The van der Waals surface area contributed by atoms with Crippen LogP contribution in [0.2, 0.25) is 0 Å². The summed E-state index contributed by atoms with van der Waals surface area (Å²) in [4.78, 5) is 12.9. The molecule has 2 aromatic carbocycles. The number of phenols is 1. The summed E-state index contributed by atoms with van der Waals surface area (Å²) in [6.45, 7) is 0.400. The second kappa shape index (κ2) is 9.95. The van der Waals surface area contributed by atoms with Gasteiger partial charge in [-0.2, -0.15) is 0 Å². The molecule has 8 heteroatoms. The molecule has 2 aromatic rings. The number of carbonyl (C=O) groups excluding carboxylic acids is 1. The number of amides is 1. The molecule has 132 valence electrons. The van der Waals surface area contributed by atoms with Crippen LogP contribution < -0.4 is 5.32 Å². The Labute approximate surface area is 152 Å². The minimum Gasteiger partial charge on any atom is -0.508 e. The summed E-state index contributed by atoms with van der Waals surface area (Å²) in [5.41, 5.74) is 0.644. The van der Waals surface area contributed by atoms with E-state index in [1.54, 1.807) is 24.3 Å². The molecule has 0 heterocycles. The van der Waals surface area contributed by atoms with Crippen LogP contribution >= 0.6 is 21.6 Å². The first-order chi connectivity index (χ1) is 12.1. The van der Waals surface area contributed by atoms with Gasteiger partial charge in [0.25, 0.3) is 5.91 Å².